The molecule has 0 heterocycles. The lowest BCUT2D eigenvalue weighted by Gasteiger charge is -2.12. The van der Waals surface area contributed by atoms with Crippen LogP contribution in [0.3, 0.4) is 0 Å². The lowest BCUT2D eigenvalue weighted by molar-refractivity contribution is -0.384. The number of para-hydroxylation sites is 1. The fourth-order valence-corrected chi connectivity index (χ4v) is 2.63. The van der Waals surface area contributed by atoms with Gasteiger partial charge in [-0.1, -0.05) is 39.7 Å². The first-order chi connectivity index (χ1) is 9.49. The van der Waals surface area contributed by atoms with Gasteiger partial charge in [0.1, 0.15) is 0 Å². The number of aryl methyl sites for hydroxylation is 1. The zero-order valence-corrected chi connectivity index (χ0v) is 13.0. The number of hydrogen-bond donors (Lipinski definition) is 1. The summed E-state index contributed by atoms with van der Waals surface area (Å²) in [6.45, 7) is 2.50. The smallest absolute Gasteiger partial charge is 0.270 e. The van der Waals surface area contributed by atoms with Gasteiger partial charge >= 0.3 is 0 Å². The first-order valence-corrected chi connectivity index (χ1v) is 7.08. The molecule has 20 heavy (non-hydrogen) atoms. The van der Waals surface area contributed by atoms with Gasteiger partial charge in [-0.05, 0) is 30.2 Å². The van der Waals surface area contributed by atoms with Gasteiger partial charge in [-0.2, -0.15) is 0 Å². The predicted molar refractivity (Wildman–Crippen MR) is 84.3 cm³/mol. The fraction of sp³-hybridized carbons (Fsp3) is 0.143. The van der Waals surface area contributed by atoms with Crippen LogP contribution in [0.1, 0.15) is 11.1 Å². The SMILES string of the molecule is Cc1cccc(Cl)c1NCc1ccc([N+](=O)[O-])cc1Br. The summed E-state index contributed by atoms with van der Waals surface area (Å²) in [6, 6.07) is 10.4. The Kier molecular flexibility index (Phi) is 4.62. The minimum absolute atomic E-state index is 0.0644. The minimum atomic E-state index is -0.416. The highest BCUT2D eigenvalue weighted by molar-refractivity contribution is 9.10. The van der Waals surface area contributed by atoms with Gasteiger partial charge in [-0.15, -0.1) is 0 Å². The van der Waals surface area contributed by atoms with E-state index < -0.39 is 4.92 Å². The van der Waals surface area contributed by atoms with Crippen LogP contribution < -0.4 is 5.32 Å². The summed E-state index contributed by atoms with van der Waals surface area (Å²) in [5, 5.41) is 14.6. The molecule has 0 aromatic heterocycles. The third kappa shape index (κ3) is 3.29. The molecule has 0 aliphatic carbocycles. The van der Waals surface area contributed by atoms with Crippen LogP contribution in [0.4, 0.5) is 11.4 Å². The molecule has 1 N–H and O–H groups in total. The zero-order valence-electron chi connectivity index (χ0n) is 10.7. The van der Waals surface area contributed by atoms with Crippen LogP contribution in [0.2, 0.25) is 5.02 Å². The van der Waals surface area contributed by atoms with E-state index in [1.54, 1.807) is 6.07 Å². The monoisotopic (exact) mass is 354 g/mol. The molecule has 0 radical (unpaired) electrons. The second kappa shape index (κ2) is 6.24. The highest BCUT2D eigenvalue weighted by Crippen LogP contribution is 2.28. The van der Waals surface area contributed by atoms with Crippen LogP contribution in [0.25, 0.3) is 0 Å². The molecule has 0 aliphatic rings. The van der Waals surface area contributed by atoms with Gasteiger partial charge in [0.15, 0.2) is 0 Å². The van der Waals surface area contributed by atoms with Crippen molar-refractivity contribution in [2.45, 2.75) is 13.5 Å². The van der Waals surface area contributed by atoms with Crippen molar-refractivity contribution in [2.24, 2.45) is 0 Å². The summed E-state index contributed by atoms with van der Waals surface area (Å²) in [7, 11) is 0. The van der Waals surface area contributed by atoms with E-state index in [0.717, 1.165) is 16.8 Å². The number of benzene rings is 2. The Morgan fingerprint density at radius 1 is 1.35 bits per heavy atom. The maximum absolute atomic E-state index is 10.7. The van der Waals surface area contributed by atoms with Gasteiger partial charge in [0.05, 0.1) is 15.6 Å². The molecule has 2 rings (SSSR count). The Balaban J connectivity index is 2.17. The highest BCUT2D eigenvalue weighted by atomic mass is 79.9. The molecule has 6 heteroatoms. The van der Waals surface area contributed by atoms with E-state index in [1.807, 2.05) is 25.1 Å². The molecule has 2 aromatic rings. The molecule has 0 saturated heterocycles. The van der Waals surface area contributed by atoms with Crippen molar-refractivity contribution in [2.75, 3.05) is 5.32 Å². The van der Waals surface area contributed by atoms with E-state index in [4.69, 9.17) is 11.6 Å². The molecule has 0 spiro atoms. The first-order valence-electron chi connectivity index (χ1n) is 5.91. The average molecular weight is 356 g/mol. The Labute approximate surface area is 130 Å². The standard InChI is InChI=1S/C14H12BrClN2O2/c1-9-3-2-4-13(16)14(9)17-8-10-5-6-11(18(19)20)7-12(10)15/h2-7,17H,8H2,1H3. The number of nitrogens with zero attached hydrogens (tertiary/aromatic N) is 1. The van der Waals surface area contributed by atoms with Crippen molar-refractivity contribution in [3.8, 4) is 0 Å². The van der Waals surface area contributed by atoms with Gasteiger partial charge < -0.3 is 5.32 Å². The van der Waals surface area contributed by atoms with Gasteiger partial charge in [-0.25, -0.2) is 0 Å². The van der Waals surface area contributed by atoms with E-state index in [2.05, 4.69) is 21.2 Å². The number of nitrogens with one attached hydrogen (secondary N) is 1. The Morgan fingerprint density at radius 2 is 2.10 bits per heavy atom. The number of rotatable bonds is 4. The fourth-order valence-electron chi connectivity index (χ4n) is 1.83. The van der Waals surface area contributed by atoms with Crippen molar-refractivity contribution in [1.82, 2.24) is 0 Å². The molecule has 0 amide bonds. The third-order valence-electron chi connectivity index (χ3n) is 2.93. The van der Waals surface area contributed by atoms with Crippen LogP contribution in [0.5, 0.6) is 0 Å². The summed E-state index contributed by atoms with van der Waals surface area (Å²) in [5.74, 6) is 0. The van der Waals surface area contributed by atoms with E-state index in [-0.39, 0.29) is 5.69 Å². The number of nitro benzene ring substituents is 1. The van der Waals surface area contributed by atoms with Gasteiger partial charge in [0.25, 0.3) is 5.69 Å². The molecule has 0 saturated carbocycles. The van der Waals surface area contributed by atoms with Crippen LogP contribution >= 0.6 is 27.5 Å². The topological polar surface area (TPSA) is 55.2 Å². The van der Waals surface area contributed by atoms with E-state index >= 15 is 0 Å². The largest absolute Gasteiger partial charge is 0.380 e. The number of non-ortho nitro benzene ring substituents is 1. The average Bonchev–Trinajstić information content (AvgIpc) is 2.39. The summed E-state index contributed by atoms with van der Waals surface area (Å²) in [6.07, 6.45) is 0. The van der Waals surface area contributed by atoms with Gasteiger partial charge in [0, 0.05) is 23.2 Å². The molecular weight excluding hydrogens is 344 g/mol. The molecule has 0 fully saturated rings. The summed E-state index contributed by atoms with van der Waals surface area (Å²) in [4.78, 5) is 10.3. The van der Waals surface area contributed by atoms with E-state index in [9.17, 15) is 10.1 Å². The Hall–Kier alpha value is -1.59. The van der Waals surface area contributed by atoms with Crippen molar-refractivity contribution in [1.29, 1.82) is 0 Å². The normalized spacial score (nSPS) is 10.3. The third-order valence-corrected chi connectivity index (χ3v) is 3.98. The molecule has 0 bridgehead atoms. The van der Waals surface area contributed by atoms with E-state index in [0.29, 0.717) is 16.0 Å². The van der Waals surface area contributed by atoms with Crippen molar-refractivity contribution in [3.63, 3.8) is 0 Å². The highest BCUT2D eigenvalue weighted by Gasteiger charge is 2.10. The lowest BCUT2D eigenvalue weighted by atomic mass is 10.1. The molecule has 0 aliphatic heterocycles. The molecule has 0 unspecified atom stereocenters. The van der Waals surface area contributed by atoms with Crippen LogP contribution in [-0.2, 0) is 6.54 Å². The number of nitro groups is 1. The number of anilines is 1. The summed E-state index contributed by atoms with van der Waals surface area (Å²) < 4.78 is 0.698. The van der Waals surface area contributed by atoms with Crippen molar-refractivity contribution < 1.29 is 4.92 Å². The van der Waals surface area contributed by atoms with Crippen LogP contribution in [0.15, 0.2) is 40.9 Å². The molecule has 0 atom stereocenters. The quantitative estimate of drug-likeness (QED) is 0.625. The molecule has 104 valence electrons. The number of halogens is 2. The maximum atomic E-state index is 10.7. The maximum Gasteiger partial charge on any atom is 0.270 e. The van der Waals surface area contributed by atoms with Gasteiger partial charge in [0.2, 0.25) is 0 Å². The van der Waals surface area contributed by atoms with Crippen LogP contribution in [-0.4, -0.2) is 4.92 Å². The van der Waals surface area contributed by atoms with Crippen molar-refractivity contribution >= 4 is 38.9 Å². The first kappa shape index (κ1) is 14.8. The molecular formula is C14H12BrClN2O2. The second-order valence-corrected chi connectivity index (χ2v) is 5.58. The van der Waals surface area contributed by atoms with E-state index in [1.165, 1.54) is 12.1 Å². The van der Waals surface area contributed by atoms with Crippen molar-refractivity contribution in [3.05, 3.63) is 67.1 Å². The zero-order chi connectivity index (χ0) is 14.7. The Morgan fingerprint density at radius 3 is 2.70 bits per heavy atom. The van der Waals surface area contributed by atoms with Gasteiger partial charge in [-0.3, -0.25) is 10.1 Å². The number of hydrogen-bond acceptors (Lipinski definition) is 3. The minimum Gasteiger partial charge on any atom is -0.380 e. The van der Waals surface area contributed by atoms with Crippen LogP contribution in [0, 0.1) is 17.0 Å². The molecule has 4 nitrogen and oxygen atoms in total. The summed E-state index contributed by atoms with van der Waals surface area (Å²) >= 11 is 9.49. The summed E-state index contributed by atoms with van der Waals surface area (Å²) in [5.41, 5.74) is 2.92. The Bertz CT molecular complexity index is 641. The second-order valence-electron chi connectivity index (χ2n) is 4.32. The lowest BCUT2D eigenvalue weighted by Crippen LogP contribution is -2.02. The molecule has 2 aromatic carbocycles. The predicted octanol–water partition coefficient (Wildman–Crippen LogP) is 4.93.